The third-order valence-electron chi connectivity index (χ3n) is 5.07. The van der Waals surface area contributed by atoms with E-state index in [0.29, 0.717) is 6.04 Å². The van der Waals surface area contributed by atoms with E-state index in [1.807, 2.05) is 0 Å². The number of likely N-dealkylation sites (N-methyl/N-ethyl adjacent to an activating group) is 2. The van der Waals surface area contributed by atoms with Crippen LogP contribution >= 0.6 is 0 Å². The van der Waals surface area contributed by atoms with Gasteiger partial charge in [-0.1, -0.05) is 25.7 Å². The first-order chi connectivity index (χ1) is 8.24. The lowest BCUT2D eigenvalue weighted by Gasteiger charge is -2.39. The van der Waals surface area contributed by atoms with Gasteiger partial charge >= 0.3 is 0 Å². The van der Waals surface area contributed by atoms with Gasteiger partial charge in [0.25, 0.3) is 0 Å². The monoisotopic (exact) mass is 238 g/mol. The Balaban J connectivity index is 1.96. The molecule has 2 aliphatic rings. The first-order valence-electron chi connectivity index (χ1n) is 7.63. The highest BCUT2D eigenvalue weighted by Gasteiger charge is 2.35. The van der Waals surface area contributed by atoms with E-state index in [-0.39, 0.29) is 0 Å². The van der Waals surface area contributed by atoms with E-state index in [0.717, 1.165) is 18.0 Å². The number of rotatable bonds is 4. The summed E-state index contributed by atoms with van der Waals surface area (Å²) < 4.78 is 0. The number of nitrogens with zero attached hydrogens (tertiary/aromatic N) is 1. The molecule has 0 radical (unpaired) electrons. The van der Waals surface area contributed by atoms with Crippen molar-refractivity contribution in [2.24, 2.45) is 5.92 Å². The molecule has 0 bridgehead atoms. The highest BCUT2D eigenvalue weighted by Crippen LogP contribution is 2.36. The molecule has 0 aromatic carbocycles. The van der Waals surface area contributed by atoms with Crippen LogP contribution in [0.4, 0.5) is 0 Å². The Morgan fingerprint density at radius 1 is 1.00 bits per heavy atom. The van der Waals surface area contributed by atoms with Crippen LogP contribution in [0.5, 0.6) is 0 Å². The molecule has 0 aromatic heterocycles. The molecular weight excluding hydrogens is 208 g/mol. The molecule has 0 aromatic rings. The van der Waals surface area contributed by atoms with Gasteiger partial charge < -0.3 is 5.32 Å². The summed E-state index contributed by atoms with van der Waals surface area (Å²) in [7, 11) is 4.51. The van der Waals surface area contributed by atoms with Gasteiger partial charge in [-0.2, -0.15) is 0 Å². The van der Waals surface area contributed by atoms with Gasteiger partial charge in [-0.25, -0.2) is 0 Å². The first kappa shape index (κ1) is 13.4. The highest BCUT2D eigenvalue weighted by molar-refractivity contribution is 4.91. The van der Waals surface area contributed by atoms with Crippen molar-refractivity contribution < 1.29 is 0 Å². The van der Waals surface area contributed by atoms with Crippen LogP contribution in [-0.2, 0) is 0 Å². The molecule has 2 saturated carbocycles. The van der Waals surface area contributed by atoms with Crippen LogP contribution in [0, 0.1) is 5.92 Å². The van der Waals surface area contributed by atoms with E-state index in [2.05, 4.69) is 31.2 Å². The van der Waals surface area contributed by atoms with Gasteiger partial charge in [0.1, 0.15) is 0 Å². The summed E-state index contributed by atoms with van der Waals surface area (Å²) in [5.41, 5.74) is 0. The van der Waals surface area contributed by atoms with E-state index in [1.54, 1.807) is 0 Å². The molecule has 17 heavy (non-hydrogen) atoms. The van der Waals surface area contributed by atoms with Crippen molar-refractivity contribution in [2.45, 2.75) is 76.4 Å². The minimum absolute atomic E-state index is 0.710. The van der Waals surface area contributed by atoms with E-state index in [4.69, 9.17) is 0 Å². The Labute approximate surface area is 107 Å². The first-order valence-corrected chi connectivity index (χ1v) is 7.63. The molecule has 2 nitrogen and oxygen atoms in total. The predicted octanol–water partition coefficient (Wildman–Crippen LogP) is 3.03. The van der Waals surface area contributed by atoms with Crippen LogP contribution in [0.25, 0.3) is 0 Å². The quantitative estimate of drug-likeness (QED) is 0.810. The SMILES string of the molecule is CNC1CCCCCCC1N(C)C(C)C1CC1. The summed E-state index contributed by atoms with van der Waals surface area (Å²) >= 11 is 0. The van der Waals surface area contributed by atoms with E-state index in [9.17, 15) is 0 Å². The molecule has 2 aliphatic carbocycles. The normalized spacial score (nSPS) is 33.2. The van der Waals surface area contributed by atoms with Crippen molar-refractivity contribution in [1.29, 1.82) is 0 Å². The molecule has 2 fully saturated rings. The zero-order valence-corrected chi connectivity index (χ0v) is 11.9. The third-order valence-corrected chi connectivity index (χ3v) is 5.07. The topological polar surface area (TPSA) is 15.3 Å². The largest absolute Gasteiger partial charge is 0.315 e. The van der Waals surface area contributed by atoms with Crippen molar-refractivity contribution in [3.8, 4) is 0 Å². The molecule has 2 heteroatoms. The molecule has 1 N–H and O–H groups in total. The molecular formula is C15H30N2. The molecule has 0 spiro atoms. The Kier molecular flexibility index (Phi) is 4.87. The summed E-state index contributed by atoms with van der Waals surface area (Å²) in [6.45, 7) is 2.43. The van der Waals surface area contributed by atoms with Crippen LogP contribution in [0.3, 0.4) is 0 Å². The van der Waals surface area contributed by atoms with Gasteiger partial charge in [-0.15, -0.1) is 0 Å². The maximum absolute atomic E-state index is 3.58. The molecule has 0 aliphatic heterocycles. The smallest absolute Gasteiger partial charge is 0.0249 e. The molecule has 0 saturated heterocycles. The second-order valence-corrected chi connectivity index (χ2v) is 6.20. The van der Waals surface area contributed by atoms with Crippen LogP contribution in [0.1, 0.15) is 58.3 Å². The van der Waals surface area contributed by atoms with E-state index < -0.39 is 0 Å². The second-order valence-electron chi connectivity index (χ2n) is 6.20. The molecule has 3 atom stereocenters. The maximum atomic E-state index is 3.58. The Morgan fingerprint density at radius 3 is 2.24 bits per heavy atom. The van der Waals surface area contributed by atoms with E-state index in [1.165, 1.54) is 51.4 Å². The summed E-state index contributed by atoms with van der Waals surface area (Å²) in [6.07, 6.45) is 11.4. The molecule has 100 valence electrons. The fourth-order valence-electron chi connectivity index (χ4n) is 3.50. The summed E-state index contributed by atoms with van der Waals surface area (Å²) in [6, 6.07) is 2.26. The van der Waals surface area contributed by atoms with Gasteiger partial charge in [0.2, 0.25) is 0 Å². The van der Waals surface area contributed by atoms with Crippen molar-refractivity contribution in [1.82, 2.24) is 10.2 Å². The number of hydrogen-bond acceptors (Lipinski definition) is 2. The molecule has 3 unspecified atom stereocenters. The second kappa shape index (κ2) is 6.19. The van der Waals surface area contributed by atoms with Crippen molar-refractivity contribution in [2.75, 3.05) is 14.1 Å². The summed E-state index contributed by atoms with van der Waals surface area (Å²) in [5.74, 6) is 0.989. The summed E-state index contributed by atoms with van der Waals surface area (Å²) in [4.78, 5) is 2.68. The standard InChI is InChI=1S/C15H30N2/c1-12(13-10-11-13)17(3)15-9-7-5-4-6-8-14(15)16-2/h12-16H,4-11H2,1-3H3. The number of hydrogen-bond donors (Lipinski definition) is 1. The van der Waals surface area contributed by atoms with Gasteiger partial charge in [-0.05, 0) is 52.6 Å². The Bertz CT molecular complexity index is 225. The Morgan fingerprint density at radius 2 is 1.65 bits per heavy atom. The zero-order valence-electron chi connectivity index (χ0n) is 11.9. The van der Waals surface area contributed by atoms with Crippen LogP contribution < -0.4 is 5.32 Å². The molecule has 0 amide bonds. The predicted molar refractivity (Wildman–Crippen MR) is 74.3 cm³/mol. The van der Waals surface area contributed by atoms with Gasteiger partial charge in [0.15, 0.2) is 0 Å². The van der Waals surface area contributed by atoms with E-state index >= 15 is 0 Å². The molecule has 0 heterocycles. The number of nitrogens with one attached hydrogen (secondary N) is 1. The van der Waals surface area contributed by atoms with Crippen molar-refractivity contribution in [3.05, 3.63) is 0 Å². The average molecular weight is 238 g/mol. The Hall–Kier alpha value is -0.0800. The van der Waals surface area contributed by atoms with Gasteiger partial charge in [0, 0.05) is 18.1 Å². The van der Waals surface area contributed by atoms with Gasteiger partial charge in [0.05, 0.1) is 0 Å². The lowest BCUT2D eigenvalue weighted by Crippen LogP contribution is -2.51. The van der Waals surface area contributed by atoms with Crippen LogP contribution in [0.15, 0.2) is 0 Å². The van der Waals surface area contributed by atoms with Gasteiger partial charge in [-0.3, -0.25) is 4.90 Å². The minimum atomic E-state index is 0.710. The maximum Gasteiger partial charge on any atom is 0.0249 e. The van der Waals surface area contributed by atoms with Crippen molar-refractivity contribution >= 4 is 0 Å². The van der Waals surface area contributed by atoms with Crippen molar-refractivity contribution in [3.63, 3.8) is 0 Å². The lowest BCUT2D eigenvalue weighted by atomic mass is 9.90. The zero-order chi connectivity index (χ0) is 12.3. The lowest BCUT2D eigenvalue weighted by molar-refractivity contribution is 0.116. The summed E-state index contributed by atoms with van der Waals surface area (Å²) in [5, 5.41) is 3.58. The average Bonchev–Trinajstić information content (AvgIpc) is 3.11. The fourth-order valence-corrected chi connectivity index (χ4v) is 3.50. The van der Waals surface area contributed by atoms with Crippen LogP contribution in [0.2, 0.25) is 0 Å². The fraction of sp³-hybridized carbons (Fsp3) is 1.00. The van der Waals surface area contributed by atoms with Crippen LogP contribution in [-0.4, -0.2) is 37.1 Å². The minimum Gasteiger partial charge on any atom is -0.315 e. The third kappa shape index (κ3) is 3.45. The molecule has 2 rings (SSSR count). The highest BCUT2D eigenvalue weighted by atomic mass is 15.2.